The van der Waals surface area contributed by atoms with E-state index in [1.54, 1.807) is 0 Å². The largest absolute Gasteiger partial charge is 0.381 e. The molecule has 0 aliphatic carbocycles. The third kappa shape index (κ3) is 2.77. The predicted octanol–water partition coefficient (Wildman–Crippen LogP) is 1.87. The van der Waals surface area contributed by atoms with Crippen molar-refractivity contribution >= 4 is 0 Å². The molecule has 2 atom stereocenters. The van der Waals surface area contributed by atoms with Crippen LogP contribution in [0.2, 0.25) is 0 Å². The first kappa shape index (κ1) is 11.5. The predicted molar refractivity (Wildman–Crippen MR) is 57.0 cm³/mol. The van der Waals surface area contributed by atoms with Crippen molar-refractivity contribution in [1.82, 2.24) is 0 Å². The third-order valence-corrected chi connectivity index (χ3v) is 2.96. The van der Waals surface area contributed by atoms with E-state index >= 15 is 0 Å². The van der Waals surface area contributed by atoms with Gasteiger partial charge in [-0.1, -0.05) is 0 Å². The van der Waals surface area contributed by atoms with E-state index in [-0.39, 0.29) is 6.04 Å². The van der Waals surface area contributed by atoms with Crippen molar-refractivity contribution in [2.45, 2.75) is 18.9 Å². The van der Waals surface area contributed by atoms with Crippen LogP contribution in [0.5, 0.6) is 0 Å². The molecule has 2 unspecified atom stereocenters. The van der Waals surface area contributed by atoms with Crippen LogP contribution in [0.3, 0.4) is 0 Å². The lowest BCUT2D eigenvalue weighted by Crippen LogP contribution is -2.32. The Morgan fingerprint density at radius 2 is 2.00 bits per heavy atom. The molecule has 1 heterocycles. The highest BCUT2D eigenvalue weighted by Gasteiger charge is 2.23. The summed E-state index contributed by atoms with van der Waals surface area (Å²) < 4.78 is 31.1. The lowest BCUT2D eigenvalue weighted by atomic mass is 9.94. The van der Waals surface area contributed by atoms with Crippen LogP contribution in [0.25, 0.3) is 0 Å². The first-order valence-corrected chi connectivity index (χ1v) is 5.43. The molecular weight excluding hydrogens is 212 g/mol. The number of hydrogen-bond acceptors (Lipinski definition) is 2. The Hall–Kier alpha value is -1.00. The highest BCUT2D eigenvalue weighted by atomic mass is 19.1. The summed E-state index contributed by atoms with van der Waals surface area (Å²) in [5.41, 5.74) is 6.59. The van der Waals surface area contributed by atoms with E-state index in [1.165, 1.54) is 12.1 Å². The minimum atomic E-state index is -0.551. The topological polar surface area (TPSA) is 35.2 Å². The van der Waals surface area contributed by atoms with Crippen molar-refractivity contribution in [3.8, 4) is 0 Å². The van der Waals surface area contributed by atoms with Crippen LogP contribution >= 0.6 is 0 Å². The van der Waals surface area contributed by atoms with Gasteiger partial charge in [0.1, 0.15) is 11.6 Å². The molecule has 2 N–H and O–H groups in total. The first-order chi connectivity index (χ1) is 7.65. The summed E-state index contributed by atoms with van der Waals surface area (Å²) in [6.45, 7) is 1.38. The van der Waals surface area contributed by atoms with Crippen LogP contribution in [0.4, 0.5) is 8.78 Å². The van der Waals surface area contributed by atoms with Gasteiger partial charge in [0.25, 0.3) is 0 Å². The molecule has 1 aliphatic heterocycles. The Labute approximate surface area is 93.4 Å². The van der Waals surface area contributed by atoms with Crippen molar-refractivity contribution in [1.29, 1.82) is 0 Å². The molecule has 0 amide bonds. The quantitative estimate of drug-likeness (QED) is 0.855. The van der Waals surface area contributed by atoms with E-state index in [0.717, 1.165) is 19.1 Å². The van der Waals surface area contributed by atoms with Crippen LogP contribution in [-0.2, 0) is 11.2 Å². The summed E-state index contributed by atoms with van der Waals surface area (Å²) >= 11 is 0. The molecule has 2 nitrogen and oxygen atoms in total. The van der Waals surface area contributed by atoms with Crippen molar-refractivity contribution in [2.75, 3.05) is 13.2 Å². The highest BCUT2D eigenvalue weighted by Crippen LogP contribution is 2.19. The molecule has 0 spiro atoms. The van der Waals surface area contributed by atoms with Gasteiger partial charge in [-0.3, -0.25) is 0 Å². The number of nitrogens with two attached hydrogens (primary N) is 1. The second kappa shape index (κ2) is 4.89. The fourth-order valence-corrected chi connectivity index (χ4v) is 2.06. The van der Waals surface area contributed by atoms with E-state index < -0.39 is 11.6 Å². The minimum Gasteiger partial charge on any atom is -0.381 e. The van der Waals surface area contributed by atoms with Crippen molar-refractivity contribution in [3.05, 3.63) is 35.4 Å². The Bertz CT molecular complexity index is 344. The van der Waals surface area contributed by atoms with Crippen LogP contribution in [0.1, 0.15) is 12.0 Å². The smallest absolute Gasteiger partial charge is 0.126 e. The molecule has 1 aliphatic rings. The summed E-state index contributed by atoms with van der Waals surface area (Å²) in [5.74, 6) is -0.805. The van der Waals surface area contributed by atoms with E-state index in [1.807, 2.05) is 0 Å². The lowest BCUT2D eigenvalue weighted by molar-refractivity contribution is 0.180. The molecule has 16 heavy (non-hydrogen) atoms. The van der Waals surface area contributed by atoms with E-state index in [4.69, 9.17) is 10.5 Å². The summed E-state index contributed by atoms with van der Waals surface area (Å²) in [7, 11) is 0. The second-order valence-electron chi connectivity index (χ2n) is 4.27. The molecule has 0 radical (unpaired) electrons. The number of benzene rings is 1. The van der Waals surface area contributed by atoms with Gasteiger partial charge in [-0.25, -0.2) is 8.78 Å². The molecule has 1 fully saturated rings. The van der Waals surface area contributed by atoms with Gasteiger partial charge in [-0.2, -0.15) is 0 Å². The van der Waals surface area contributed by atoms with Gasteiger partial charge >= 0.3 is 0 Å². The minimum absolute atomic E-state index is 0.0938. The van der Waals surface area contributed by atoms with Crippen LogP contribution in [0.15, 0.2) is 18.2 Å². The zero-order valence-corrected chi connectivity index (χ0v) is 8.96. The number of hydrogen-bond donors (Lipinski definition) is 1. The van der Waals surface area contributed by atoms with E-state index in [2.05, 4.69) is 0 Å². The number of ether oxygens (including phenoxy) is 1. The highest BCUT2D eigenvalue weighted by molar-refractivity contribution is 5.19. The summed E-state index contributed by atoms with van der Waals surface area (Å²) in [6, 6.07) is 3.44. The van der Waals surface area contributed by atoms with Gasteiger partial charge in [0.2, 0.25) is 0 Å². The van der Waals surface area contributed by atoms with Gasteiger partial charge < -0.3 is 10.5 Å². The van der Waals surface area contributed by atoms with Crippen LogP contribution < -0.4 is 5.73 Å². The molecule has 0 saturated carbocycles. The fourth-order valence-electron chi connectivity index (χ4n) is 2.06. The maximum atomic E-state index is 13.0. The molecule has 88 valence electrons. The van der Waals surface area contributed by atoms with E-state index in [0.29, 0.717) is 24.5 Å². The van der Waals surface area contributed by atoms with Gasteiger partial charge in [0.05, 0.1) is 6.61 Å². The molecule has 1 aromatic rings. The van der Waals surface area contributed by atoms with Crippen LogP contribution in [-0.4, -0.2) is 19.3 Å². The maximum Gasteiger partial charge on any atom is 0.126 e. The summed E-state index contributed by atoms with van der Waals surface area (Å²) in [6.07, 6.45) is 1.42. The lowest BCUT2D eigenvalue weighted by Gasteiger charge is -2.17. The van der Waals surface area contributed by atoms with Gasteiger partial charge in [-0.05, 0) is 36.5 Å². The summed E-state index contributed by atoms with van der Waals surface area (Å²) in [5, 5.41) is 0. The molecule has 0 aromatic heterocycles. The van der Waals surface area contributed by atoms with Gasteiger partial charge in [0, 0.05) is 18.7 Å². The van der Waals surface area contributed by atoms with Gasteiger partial charge in [0.15, 0.2) is 0 Å². The first-order valence-electron chi connectivity index (χ1n) is 5.43. The molecule has 2 rings (SSSR count). The SMILES string of the molecule is NC(Cc1cc(F)cc(F)c1)C1CCOC1. The van der Waals surface area contributed by atoms with Crippen LogP contribution in [0, 0.1) is 17.6 Å². The Kier molecular flexibility index (Phi) is 3.51. The Morgan fingerprint density at radius 1 is 1.31 bits per heavy atom. The van der Waals surface area contributed by atoms with Crippen molar-refractivity contribution in [3.63, 3.8) is 0 Å². The normalized spacial score (nSPS) is 22.3. The third-order valence-electron chi connectivity index (χ3n) is 2.96. The summed E-state index contributed by atoms with van der Waals surface area (Å²) in [4.78, 5) is 0. The Morgan fingerprint density at radius 3 is 2.56 bits per heavy atom. The Balaban J connectivity index is 2.02. The molecule has 1 saturated heterocycles. The fraction of sp³-hybridized carbons (Fsp3) is 0.500. The number of rotatable bonds is 3. The zero-order valence-electron chi connectivity index (χ0n) is 8.96. The maximum absolute atomic E-state index is 13.0. The molecule has 4 heteroatoms. The molecule has 1 aromatic carbocycles. The number of halogens is 2. The van der Waals surface area contributed by atoms with E-state index in [9.17, 15) is 8.78 Å². The average molecular weight is 227 g/mol. The van der Waals surface area contributed by atoms with Crippen molar-refractivity contribution in [2.24, 2.45) is 11.7 Å². The average Bonchev–Trinajstić information content (AvgIpc) is 2.68. The second-order valence-corrected chi connectivity index (χ2v) is 4.27. The molecular formula is C12H15F2NO. The van der Waals surface area contributed by atoms with Crippen molar-refractivity contribution < 1.29 is 13.5 Å². The van der Waals surface area contributed by atoms with Gasteiger partial charge in [-0.15, -0.1) is 0 Å². The zero-order chi connectivity index (χ0) is 11.5. The monoisotopic (exact) mass is 227 g/mol. The standard InChI is InChI=1S/C12H15F2NO/c13-10-3-8(4-11(14)6-10)5-12(15)9-1-2-16-7-9/h3-4,6,9,12H,1-2,5,7,15H2. The molecule has 0 bridgehead atoms.